The van der Waals surface area contributed by atoms with Crippen LogP contribution in [-0.4, -0.2) is 22.0 Å². The summed E-state index contributed by atoms with van der Waals surface area (Å²) in [5, 5.41) is 11.6. The molecule has 0 fully saturated rings. The zero-order valence-corrected chi connectivity index (χ0v) is 10.8. The van der Waals surface area contributed by atoms with Crippen LogP contribution in [0.3, 0.4) is 0 Å². The summed E-state index contributed by atoms with van der Waals surface area (Å²) in [4.78, 5) is 26.8. The Morgan fingerprint density at radius 1 is 1.53 bits per heavy atom. The molecule has 0 saturated heterocycles. The van der Waals surface area contributed by atoms with Crippen molar-refractivity contribution in [3.63, 3.8) is 0 Å². The smallest absolute Gasteiger partial charge is 0.371 e. The van der Waals surface area contributed by atoms with Gasteiger partial charge in [-0.25, -0.2) is 9.78 Å². The van der Waals surface area contributed by atoms with Crippen LogP contribution in [0.4, 0.5) is 5.13 Å². The second kappa shape index (κ2) is 5.11. The maximum Gasteiger partial charge on any atom is 0.371 e. The highest BCUT2D eigenvalue weighted by Gasteiger charge is 2.15. The van der Waals surface area contributed by atoms with Crippen LogP contribution in [0.2, 0.25) is 0 Å². The third kappa shape index (κ3) is 2.91. The Labute approximate surface area is 112 Å². The van der Waals surface area contributed by atoms with Crippen LogP contribution in [0.1, 0.15) is 31.7 Å². The Bertz CT molecular complexity index is 632. The molecule has 1 amide bonds. The first-order chi connectivity index (χ1) is 8.97. The number of nitrogen functional groups attached to an aromatic ring is 1. The van der Waals surface area contributed by atoms with Crippen molar-refractivity contribution in [1.82, 2.24) is 10.3 Å². The van der Waals surface area contributed by atoms with Crippen LogP contribution < -0.4 is 11.1 Å². The molecule has 7 nitrogen and oxygen atoms in total. The molecule has 2 aromatic heterocycles. The van der Waals surface area contributed by atoms with E-state index in [0.717, 1.165) is 11.3 Å². The number of nitrogens with zero attached hydrogens (tertiary/aromatic N) is 1. The standard InChI is InChI=1S/C11H11N3O4S/c1-5-8(19-11(12)14-5)9(15)13-4-6-2-3-7(18-6)10(16)17/h2-3H,4H2,1H3,(H2,12,14)(H,13,15)(H,16,17). The summed E-state index contributed by atoms with van der Waals surface area (Å²) in [6.45, 7) is 1.79. The third-order valence-electron chi connectivity index (χ3n) is 2.31. The molecule has 0 aliphatic rings. The van der Waals surface area contributed by atoms with Gasteiger partial charge in [0.1, 0.15) is 10.6 Å². The second-order valence-electron chi connectivity index (χ2n) is 3.72. The Morgan fingerprint density at radius 3 is 2.79 bits per heavy atom. The molecule has 0 spiro atoms. The summed E-state index contributed by atoms with van der Waals surface area (Å²) < 4.78 is 5.02. The monoisotopic (exact) mass is 281 g/mol. The molecular weight excluding hydrogens is 270 g/mol. The molecule has 0 bridgehead atoms. The van der Waals surface area contributed by atoms with Gasteiger partial charge < -0.3 is 20.6 Å². The molecule has 2 rings (SSSR count). The number of thiazole rings is 1. The lowest BCUT2D eigenvalue weighted by Crippen LogP contribution is -2.22. The average molecular weight is 281 g/mol. The van der Waals surface area contributed by atoms with Crippen LogP contribution in [0.5, 0.6) is 0 Å². The number of anilines is 1. The van der Waals surface area contributed by atoms with Crippen LogP contribution >= 0.6 is 11.3 Å². The van der Waals surface area contributed by atoms with E-state index < -0.39 is 5.97 Å². The molecule has 0 saturated carbocycles. The predicted octanol–water partition coefficient (Wildman–Crippen LogP) is 1.25. The predicted molar refractivity (Wildman–Crippen MR) is 68.1 cm³/mol. The van der Waals surface area contributed by atoms with E-state index in [9.17, 15) is 9.59 Å². The number of aromatic carboxylic acids is 1. The molecule has 100 valence electrons. The lowest BCUT2D eigenvalue weighted by atomic mass is 10.3. The van der Waals surface area contributed by atoms with Crippen molar-refractivity contribution in [3.05, 3.63) is 34.2 Å². The number of furan rings is 1. The first-order valence-corrected chi connectivity index (χ1v) is 6.12. The van der Waals surface area contributed by atoms with Gasteiger partial charge in [-0.2, -0.15) is 0 Å². The number of aromatic nitrogens is 1. The van der Waals surface area contributed by atoms with Crippen LogP contribution in [-0.2, 0) is 6.54 Å². The molecule has 0 aliphatic heterocycles. The van der Waals surface area contributed by atoms with Crippen molar-refractivity contribution in [2.24, 2.45) is 0 Å². The van der Waals surface area contributed by atoms with Gasteiger partial charge >= 0.3 is 5.97 Å². The van der Waals surface area contributed by atoms with E-state index in [4.69, 9.17) is 15.3 Å². The molecule has 0 aliphatic carbocycles. The van der Waals surface area contributed by atoms with E-state index in [1.54, 1.807) is 6.92 Å². The van der Waals surface area contributed by atoms with Crippen LogP contribution in [0.15, 0.2) is 16.5 Å². The summed E-state index contributed by atoms with van der Waals surface area (Å²) in [6, 6.07) is 2.83. The van der Waals surface area contributed by atoms with E-state index in [0.29, 0.717) is 21.5 Å². The van der Waals surface area contributed by atoms with Gasteiger partial charge in [0.15, 0.2) is 5.13 Å². The Kier molecular flexibility index (Phi) is 3.52. The minimum absolute atomic E-state index is 0.101. The number of carbonyl (C=O) groups excluding carboxylic acids is 1. The lowest BCUT2D eigenvalue weighted by molar-refractivity contribution is 0.0660. The highest BCUT2D eigenvalue weighted by molar-refractivity contribution is 7.17. The number of carboxylic acids is 1. The number of amides is 1. The minimum atomic E-state index is -1.15. The molecule has 2 aromatic rings. The summed E-state index contributed by atoms with van der Waals surface area (Å²) in [6.07, 6.45) is 0. The molecule has 0 atom stereocenters. The quantitative estimate of drug-likeness (QED) is 0.776. The molecule has 0 radical (unpaired) electrons. The van der Waals surface area contributed by atoms with Gasteiger partial charge in [-0.3, -0.25) is 4.79 Å². The van der Waals surface area contributed by atoms with E-state index in [2.05, 4.69) is 10.3 Å². The summed E-state index contributed by atoms with van der Waals surface area (Å²) in [5.74, 6) is -1.27. The first kappa shape index (κ1) is 13.1. The lowest BCUT2D eigenvalue weighted by Gasteiger charge is -2.01. The van der Waals surface area contributed by atoms with Gasteiger partial charge in [-0.1, -0.05) is 11.3 Å². The van der Waals surface area contributed by atoms with Crippen LogP contribution in [0, 0.1) is 6.92 Å². The van der Waals surface area contributed by atoms with Gasteiger partial charge in [0.05, 0.1) is 12.2 Å². The maximum atomic E-state index is 11.8. The van der Waals surface area contributed by atoms with Gasteiger partial charge in [0, 0.05) is 0 Å². The van der Waals surface area contributed by atoms with E-state index in [1.807, 2.05) is 0 Å². The summed E-state index contributed by atoms with van der Waals surface area (Å²) >= 11 is 1.10. The number of hydrogen-bond donors (Lipinski definition) is 3. The van der Waals surface area contributed by atoms with Crippen molar-refractivity contribution in [2.45, 2.75) is 13.5 Å². The number of aryl methyl sites for hydroxylation is 1. The molecular formula is C11H11N3O4S. The fourth-order valence-corrected chi connectivity index (χ4v) is 2.21. The van der Waals surface area contributed by atoms with Crippen molar-refractivity contribution < 1.29 is 19.1 Å². The van der Waals surface area contributed by atoms with Crippen LogP contribution in [0.25, 0.3) is 0 Å². The number of nitrogens with one attached hydrogen (secondary N) is 1. The Balaban J connectivity index is 2.00. The zero-order chi connectivity index (χ0) is 14.0. The normalized spacial score (nSPS) is 10.4. The number of carbonyl (C=O) groups is 2. The Morgan fingerprint density at radius 2 is 2.26 bits per heavy atom. The summed E-state index contributed by atoms with van der Waals surface area (Å²) in [5.41, 5.74) is 6.07. The number of carboxylic acid groups (broad SMARTS) is 1. The number of hydrogen-bond acceptors (Lipinski definition) is 6. The fraction of sp³-hybridized carbons (Fsp3) is 0.182. The maximum absolute atomic E-state index is 11.8. The van der Waals surface area contributed by atoms with Crippen molar-refractivity contribution in [3.8, 4) is 0 Å². The van der Waals surface area contributed by atoms with Gasteiger partial charge in [-0.05, 0) is 19.1 Å². The SMILES string of the molecule is Cc1nc(N)sc1C(=O)NCc1ccc(C(=O)O)o1. The van der Waals surface area contributed by atoms with Crippen molar-refractivity contribution in [1.29, 1.82) is 0 Å². The van der Waals surface area contributed by atoms with Gasteiger partial charge in [0.25, 0.3) is 5.91 Å². The first-order valence-electron chi connectivity index (χ1n) is 5.30. The van der Waals surface area contributed by atoms with Crippen molar-refractivity contribution >= 4 is 28.3 Å². The summed E-state index contributed by atoms with van der Waals surface area (Å²) in [7, 11) is 0. The molecule has 4 N–H and O–H groups in total. The second-order valence-corrected chi connectivity index (χ2v) is 4.75. The topological polar surface area (TPSA) is 118 Å². The van der Waals surface area contributed by atoms with E-state index >= 15 is 0 Å². The Hall–Kier alpha value is -2.35. The van der Waals surface area contributed by atoms with E-state index in [1.165, 1.54) is 12.1 Å². The molecule has 0 aromatic carbocycles. The van der Waals surface area contributed by atoms with Gasteiger partial charge in [-0.15, -0.1) is 0 Å². The molecule has 2 heterocycles. The third-order valence-corrected chi connectivity index (χ3v) is 3.30. The van der Waals surface area contributed by atoms with Gasteiger partial charge in [0.2, 0.25) is 5.76 Å². The molecule has 8 heteroatoms. The number of rotatable bonds is 4. The molecule has 19 heavy (non-hydrogen) atoms. The largest absolute Gasteiger partial charge is 0.475 e. The van der Waals surface area contributed by atoms with E-state index in [-0.39, 0.29) is 18.2 Å². The fourth-order valence-electron chi connectivity index (χ4n) is 1.46. The average Bonchev–Trinajstić information content (AvgIpc) is 2.93. The highest BCUT2D eigenvalue weighted by Crippen LogP contribution is 2.19. The van der Waals surface area contributed by atoms with Crippen molar-refractivity contribution in [2.75, 3.05) is 5.73 Å². The molecule has 0 unspecified atom stereocenters. The zero-order valence-electron chi connectivity index (χ0n) is 9.97. The number of nitrogens with two attached hydrogens (primary N) is 1. The minimum Gasteiger partial charge on any atom is -0.475 e. The highest BCUT2D eigenvalue weighted by atomic mass is 32.1.